The van der Waals surface area contributed by atoms with Crippen LogP contribution in [0.15, 0.2) is 64.0 Å². The first-order valence-electron chi connectivity index (χ1n) is 8.34. The predicted octanol–water partition coefficient (Wildman–Crippen LogP) is 3.13. The fourth-order valence-electron chi connectivity index (χ4n) is 2.75. The minimum absolute atomic E-state index is 0.194. The molecule has 1 amide bonds. The molecule has 0 atom stereocenters. The van der Waals surface area contributed by atoms with E-state index in [1.54, 1.807) is 47.4 Å². The van der Waals surface area contributed by atoms with Crippen LogP contribution in [-0.4, -0.2) is 49.7 Å². The third-order valence-corrected chi connectivity index (χ3v) is 6.73. The fraction of sp³-hybridized carbons (Fsp3) is 0.211. The maximum Gasteiger partial charge on any atom is 0.246 e. The van der Waals surface area contributed by atoms with Gasteiger partial charge in [0.2, 0.25) is 15.9 Å². The van der Waals surface area contributed by atoms with Crippen LogP contribution in [0.4, 0.5) is 4.39 Å². The van der Waals surface area contributed by atoms with Gasteiger partial charge in [0.1, 0.15) is 5.82 Å². The molecule has 1 saturated heterocycles. The topological polar surface area (TPSA) is 57.7 Å². The Bertz CT molecular complexity index is 936. The summed E-state index contributed by atoms with van der Waals surface area (Å²) < 4.78 is 40.5. The summed E-state index contributed by atoms with van der Waals surface area (Å²) in [6.07, 6.45) is 3.04. The molecule has 0 spiro atoms. The number of amides is 1. The second-order valence-corrected chi connectivity index (χ2v) is 8.92. The highest BCUT2D eigenvalue weighted by Gasteiger charge is 2.29. The van der Waals surface area contributed by atoms with Gasteiger partial charge in [0.15, 0.2) is 0 Å². The first-order chi connectivity index (χ1) is 12.9. The summed E-state index contributed by atoms with van der Waals surface area (Å²) in [5, 5.41) is 0. The molecule has 0 N–H and O–H groups in total. The summed E-state index contributed by atoms with van der Waals surface area (Å²) in [5.41, 5.74) is 0.723. The molecule has 27 heavy (non-hydrogen) atoms. The Balaban J connectivity index is 1.60. The van der Waals surface area contributed by atoms with E-state index in [2.05, 4.69) is 15.9 Å². The number of hydrogen-bond donors (Lipinski definition) is 0. The molecular weight excluding hydrogens is 435 g/mol. The van der Waals surface area contributed by atoms with E-state index in [1.165, 1.54) is 22.5 Å². The number of sulfonamides is 1. The molecule has 5 nitrogen and oxygen atoms in total. The summed E-state index contributed by atoms with van der Waals surface area (Å²) in [6, 6.07) is 12.3. The van der Waals surface area contributed by atoms with Gasteiger partial charge in [-0.05, 0) is 48.0 Å². The molecular formula is C19H18BrFN2O3S. The average Bonchev–Trinajstić information content (AvgIpc) is 2.68. The number of carbonyl (C=O) groups excluding carboxylic acids is 1. The predicted molar refractivity (Wildman–Crippen MR) is 105 cm³/mol. The van der Waals surface area contributed by atoms with E-state index in [4.69, 9.17) is 0 Å². The molecule has 0 aliphatic carbocycles. The molecule has 1 aliphatic heterocycles. The SMILES string of the molecule is O=C(/C=C/c1ccc(F)cc1)N1CCN(S(=O)(=O)c2ccc(Br)cc2)CC1. The number of carbonyl (C=O) groups is 1. The van der Waals surface area contributed by atoms with Crippen molar-refractivity contribution < 1.29 is 17.6 Å². The van der Waals surface area contributed by atoms with Gasteiger partial charge >= 0.3 is 0 Å². The van der Waals surface area contributed by atoms with Crippen molar-refractivity contribution in [3.05, 3.63) is 70.5 Å². The smallest absolute Gasteiger partial charge is 0.246 e. The fourth-order valence-corrected chi connectivity index (χ4v) is 4.44. The number of rotatable bonds is 4. The van der Waals surface area contributed by atoms with E-state index in [0.717, 1.165) is 10.0 Å². The van der Waals surface area contributed by atoms with Gasteiger partial charge in [0.05, 0.1) is 4.90 Å². The Hall–Kier alpha value is -2.03. The van der Waals surface area contributed by atoms with Gasteiger partial charge in [-0.2, -0.15) is 4.31 Å². The summed E-state index contributed by atoms with van der Waals surface area (Å²) in [4.78, 5) is 14.1. The summed E-state index contributed by atoms with van der Waals surface area (Å²) in [5.74, 6) is -0.526. The molecule has 8 heteroatoms. The van der Waals surface area contributed by atoms with E-state index in [1.807, 2.05) is 0 Å². The minimum atomic E-state index is -3.57. The molecule has 1 aliphatic rings. The number of nitrogens with zero attached hydrogens (tertiary/aromatic N) is 2. The summed E-state index contributed by atoms with van der Waals surface area (Å²) >= 11 is 3.29. The van der Waals surface area contributed by atoms with Gasteiger partial charge < -0.3 is 4.90 Å². The quantitative estimate of drug-likeness (QED) is 0.669. The van der Waals surface area contributed by atoms with Gasteiger partial charge in [-0.3, -0.25) is 4.79 Å². The highest BCUT2D eigenvalue weighted by atomic mass is 79.9. The lowest BCUT2D eigenvalue weighted by atomic mass is 10.2. The minimum Gasteiger partial charge on any atom is -0.337 e. The first-order valence-corrected chi connectivity index (χ1v) is 10.6. The lowest BCUT2D eigenvalue weighted by molar-refractivity contribution is -0.127. The molecule has 2 aromatic rings. The Labute approximate surface area is 166 Å². The van der Waals surface area contributed by atoms with Gasteiger partial charge in [-0.25, -0.2) is 12.8 Å². The van der Waals surface area contributed by atoms with Crippen molar-refractivity contribution in [1.29, 1.82) is 0 Å². The monoisotopic (exact) mass is 452 g/mol. The molecule has 1 fully saturated rings. The molecule has 3 rings (SSSR count). The van der Waals surface area contributed by atoms with E-state index in [9.17, 15) is 17.6 Å². The first kappa shape index (κ1) is 19.7. The Kier molecular flexibility index (Phi) is 6.08. The van der Waals surface area contributed by atoms with Gasteiger partial charge in [0, 0.05) is 36.7 Å². The largest absolute Gasteiger partial charge is 0.337 e. The maximum absolute atomic E-state index is 12.9. The molecule has 0 aromatic heterocycles. The molecule has 2 aromatic carbocycles. The van der Waals surface area contributed by atoms with Crippen LogP contribution in [-0.2, 0) is 14.8 Å². The molecule has 0 unspecified atom stereocenters. The number of hydrogen-bond acceptors (Lipinski definition) is 3. The van der Waals surface area contributed by atoms with Gasteiger partial charge in [-0.1, -0.05) is 28.1 Å². The van der Waals surface area contributed by atoms with Crippen molar-refractivity contribution in [2.75, 3.05) is 26.2 Å². The molecule has 1 heterocycles. The maximum atomic E-state index is 12.9. The second kappa shape index (κ2) is 8.33. The van der Waals surface area contributed by atoms with Crippen LogP contribution in [0.3, 0.4) is 0 Å². The molecule has 0 bridgehead atoms. The number of benzene rings is 2. The second-order valence-electron chi connectivity index (χ2n) is 6.07. The van der Waals surface area contributed by atoms with Crippen molar-refractivity contribution in [3.63, 3.8) is 0 Å². The van der Waals surface area contributed by atoms with Crippen molar-refractivity contribution >= 4 is 37.9 Å². The van der Waals surface area contributed by atoms with Crippen LogP contribution in [0.1, 0.15) is 5.56 Å². The zero-order valence-corrected chi connectivity index (χ0v) is 16.8. The highest BCUT2D eigenvalue weighted by molar-refractivity contribution is 9.10. The van der Waals surface area contributed by atoms with Crippen LogP contribution in [0.25, 0.3) is 6.08 Å². The Morgan fingerprint density at radius 2 is 1.56 bits per heavy atom. The van der Waals surface area contributed by atoms with Crippen molar-refractivity contribution in [3.8, 4) is 0 Å². The van der Waals surface area contributed by atoms with Crippen LogP contribution < -0.4 is 0 Å². The zero-order chi connectivity index (χ0) is 19.4. The lowest BCUT2D eigenvalue weighted by Crippen LogP contribution is -2.50. The Morgan fingerprint density at radius 1 is 0.963 bits per heavy atom. The average molecular weight is 453 g/mol. The van der Waals surface area contributed by atoms with E-state index < -0.39 is 10.0 Å². The van der Waals surface area contributed by atoms with Gasteiger partial charge in [0.25, 0.3) is 0 Å². The third kappa shape index (κ3) is 4.82. The standard InChI is InChI=1S/C19H18BrFN2O3S/c20-16-4-8-18(9-5-16)27(25,26)23-13-11-22(12-14-23)19(24)10-3-15-1-6-17(21)7-2-15/h1-10H,11-14H2/b10-3+. The van der Waals surface area contributed by atoms with Crippen LogP contribution in [0, 0.1) is 5.82 Å². The van der Waals surface area contributed by atoms with Crippen LogP contribution >= 0.6 is 15.9 Å². The number of piperazine rings is 1. The summed E-state index contributed by atoms with van der Waals surface area (Å²) in [6.45, 7) is 1.13. The van der Waals surface area contributed by atoms with Crippen LogP contribution in [0.2, 0.25) is 0 Å². The Morgan fingerprint density at radius 3 is 2.15 bits per heavy atom. The summed E-state index contributed by atoms with van der Waals surface area (Å²) in [7, 11) is -3.57. The molecule has 0 saturated carbocycles. The van der Waals surface area contributed by atoms with Crippen molar-refractivity contribution in [2.24, 2.45) is 0 Å². The van der Waals surface area contributed by atoms with Crippen molar-refractivity contribution in [2.45, 2.75) is 4.90 Å². The highest BCUT2D eigenvalue weighted by Crippen LogP contribution is 2.20. The third-order valence-electron chi connectivity index (χ3n) is 4.29. The molecule has 142 valence electrons. The number of halogens is 2. The van der Waals surface area contributed by atoms with Crippen molar-refractivity contribution in [1.82, 2.24) is 9.21 Å². The van der Waals surface area contributed by atoms with Crippen LogP contribution in [0.5, 0.6) is 0 Å². The lowest BCUT2D eigenvalue weighted by Gasteiger charge is -2.33. The van der Waals surface area contributed by atoms with E-state index in [0.29, 0.717) is 13.1 Å². The zero-order valence-electron chi connectivity index (χ0n) is 14.4. The van der Waals surface area contributed by atoms with Gasteiger partial charge in [-0.15, -0.1) is 0 Å². The normalized spacial score (nSPS) is 16.0. The molecule has 0 radical (unpaired) electrons. The van der Waals surface area contributed by atoms with E-state index in [-0.39, 0.29) is 29.7 Å². The van der Waals surface area contributed by atoms with E-state index >= 15 is 0 Å².